The predicted octanol–water partition coefficient (Wildman–Crippen LogP) is 1.74. The van der Waals surface area contributed by atoms with Gasteiger partial charge in [-0.15, -0.1) is 0 Å². The fourth-order valence-electron chi connectivity index (χ4n) is 1.75. The van der Waals surface area contributed by atoms with Crippen molar-refractivity contribution >= 4 is 12.0 Å². The monoisotopic (exact) mass is 332 g/mol. The SMILES string of the molecule is CC(C)c1noc(COC(=O)CNC(=O)NCc2ccccc2)n1. The number of aromatic nitrogens is 2. The number of carbonyl (C=O) groups excluding carboxylic acids is 2. The van der Waals surface area contributed by atoms with E-state index in [0.717, 1.165) is 5.56 Å². The van der Waals surface area contributed by atoms with E-state index in [1.165, 1.54) is 0 Å². The van der Waals surface area contributed by atoms with Crippen LogP contribution < -0.4 is 10.6 Å². The van der Waals surface area contributed by atoms with Gasteiger partial charge in [-0.05, 0) is 5.56 Å². The van der Waals surface area contributed by atoms with Crippen LogP contribution >= 0.6 is 0 Å². The van der Waals surface area contributed by atoms with Gasteiger partial charge in [0, 0.05) is 12.5 Å². The molecular weight excluding hydrogens is 312 g/mol. The van der Waals surface area contributed by atoms with Gasteiger partial charge in [-0.1, -0.05) is 49.3 Å². The van der Waals surface area contributed by atoms with E-state index < -0.39 is 12.0 Å². The zero-order chi connectivity index (χ0) is 17.4. The van der Waals surface area contributed by atoms with E-state index >= 15 is 0 Å². The Bertz CT molecular complexity index is 670. The van der Waals surface area contributed by atoms with Crippen LogP contribution in [0.15, 0.2) is 34.9 Å². The molecule has 0 unspecified atom stereocenters. The Kier molecular flexibility index (Phi) is 6.30. The standard InChI is InChI=1S/C16H20N4O4/c1-11(2)15-19-13(24-20-15)10-23-14(21)9-18-16(22)17-8-12-6-4-3-5-7-12/h3-7,11H,8-10H2,1-2H3,(H2,17,18,22). The predicted molar refractivity (Wildman–Crippen MR) is 84.9 cm³/mol. The van der Waals surface area contributed by atoms with Gasteiger partial charge >= 0.3 is 12.0 Å². The highest BCUT2D eigenvalue weighted by Gasteiger charge is 2.12. The molecule has 0 saturated carbocycles. The van der Waals surface area contributed by atoms with E-state index in [1.54, 1.807) is 0 Å². The molecule has 0 fully saturated rings. The molecule has 0 saturated heterocycles. The van der Waals surface area contributed by atoms with Crippen LogP contribution in [0, 0.1) is 0 Å². The molecule has 2 rings (SSSR count). The van der Waals surface area contributed by atoms with Crippen molar-refractivity contribution in [2.24, 2.45) is 0 Å². The Morgan fingerprint density at radius 3 is 2.62 bits per heavy atom. The van der Waals surface area contributed by atoms with Gasteiger partial charge in [0.05, 0.1) is 0 Å². The highest BCUT2D eigenvalue weighted by Crippen LogP contribution is 2.09. The minimum absolute atomic E-state index is 0.119. The van der Waals surface area contributed by atoms with E-state index in [0.29, 0.717) is 12.4 Å². The molecule has 2 aromatic rings. The van der Waals surface area contributed by atoms with Crippen LogP contribution in [0.5, 0.6) is 0 Å². The first kappa shape index (κ1) is 17.5. The molecule has 0 aliphatic rings. The number of urea groups is 1. The molecule has 2 N–H and O–H groups in total. The van der Waals surface area contributed by atoms with Crippen molar-refractivity contribution in [2.45, 2.75) is 32.9 Å². The summed E-state index contributed by atoms with van der Waals surface area (Å²) in [6, 6.07) is 9.00. The average molecular weight is 332 g/mol. The van der Waals surface area contributed by atoms with Gasteiger partial charge in [0.1, 0.15) is 6.54 Å². The van der Waals surface area contributed by atoms with Crippen molar-refractivity contribution in [3.05, 3.63) is 47.6 Å². The second-order valence-corrected chi connectivity index (χ2v) is 5.38. The summed E-state index contributed by atoms with van der Waals surface area (Å²) < 4.78 is 9.91. The number of amides is 2. The third kappa shape index (κ3) is 5.71. The van der Waals surface area contributed by atoms with E-state index in [2.05, 4.69) is 20.8 Å². The van der Waals surface area contributed by atoms with Gasteiger partial charge in [0.2, 0.25) is 0 Å². The number of ether oxygens (including phenoxy) is 1. The van der Waals surface area contributed by atoms with Gasteiger partial charge in [-0.3, -0.25) is 4.79 Å². The average Bonchev–Trinajstić information content (AvgIpc) is 3.06. The number of hydrogen-bond donors (Lipinski definition) is 2. The summed E-state index contributed by atoms with van der Waals surface area (Å²) in [6.45, 7) is 3.87. The fraction of sp³-hybridized carbons (Fsp3) is 0.375. The molecule has 128 valence electrons. The molecule has 2 amide bonds. The summed E-state index contributed by atoms with van der Waals surface area (Å²) in [5.74, 6) is 0.322. The zero-order valence-electron chi connectivity index (χ0n) is 13.6. The normalized spacial score (nSPS) is 10.5. The summed E-state index contributed by atoms with van der Waals surface area (Å²) in [6.07, 6.45) is 0. The number of benzene rings is 1. The van der Waals surface area contributed by atoms with E-state index in [-0.39, 0.29) is 25.0 Å². The first-order valence-electron chi connectivity index (χ1n) is 7.58. The summed E-state index contributed by atoms with van der Waals surface area (Å²) in [7, 11) is 0. The first-order chi connectivity index (χ1) is 11.5. The Morgan fingerprint density at radius 2 is 1.96 bits per heavy atom. The third-order valence-corrected chi connectivity index (χ3v) is 3.05. The Morgan fingerprint density at radius 1 is 1.21 bits per heavy atom. The largest absolute Gasteiger partial charge is 0.454 e. The van der Waals surface area contributed by atoms with Crippen molar-refractivity contribution in [2.75, 3.05) is 6.54 Å². The van der Waals surface area contributed by atoms with Crippen LogP contribution in [-0.4, -0.2) is 28.7 Å². The number of carbonyl (C=O) groups is 2. The molecule has 0 aliphatic carbocycles. The number of nitrogens with one attached hydrogen (secondary N) is 2. The molecule has 0 radical (unpaired) electrons. The lowest BCUT2D eigenvalue weighted by Gasteiger charge is -2.07. The molecule has 0 atom stereocenters. The molecule has 8 heteroatoms. The minimum Gasteiger partial charge on any atom is -0.454 e. The van der Waals surface area contributed by atoms with Crippen molar-refractivity contribution in [1.29, 1.82) is 0 Å². The molecule has 1 aromatic carbocycles. The smallest absolute Gasteiger partial charge is 0.325 e. The lowest BCUT2D eigenvalue weighted by molar-refractivity contribution is -0.144. The van der Waals surface area contributed by atoms with Gasteiger partial charge in [-0.25, -0.2) is 4.79 Å². The van der Waals surface area contributed by atoms with Crippen LogP contribution in [0.2, 0.25) is 0 Å². The summed E-state index contributed by atoms with van der Waals surface area (Å²) >= 11 is 0. The molecule has 0 spiro atoms. The maximum Gasteiger partial charge on any atom is 0.325 e. The molecule has 1 heterocycles. The number of esters is 1. The van der Waals surface area contributed by atoms with Crippen molar-refractivity contribution in [3.63, 3.8) is 0 Å². The quantitative estimate of drug-likeness (QED) is 0.748. The highest BCUT2D eigenvalue weighted by molar-refractivity contribution is 5.80. The third-order valence-electron chi connectivity index (χ3n) is 3.05. The molecule has 0 bridgehead atoms. The summed E-state index contributed by atoms with van der Waals surface area (Å²) in [5.41, 5.74) is 0.965. The minimum atomic E-state index is -0.589. The molecule has 8 nitrogen and oxygen atoms in total. The molecule has 24 heavy (non-hydrogen) atoms. The Balaban J connectivity index is 1.64. The highest BCUT2D eigenvalue weighted by atomic mass is 16.6. The van der Waals surface area contributed by atoms with Crippen LogP contribution in [0.1, 0.15) is 37.0 Å². The van der Waals surface area contributed by atoms with Crippen molar-refractivity contribution < 1.29 is 18.8 Å². The van der Waals surface area contributed by atoms with Crippen LogP contribution in [0.25, 0.3) is 0 Å². The summed E-state index contributed by atoms with van der Waals surface area (Å²) in [4.78, 5) is 27.3. The molecular formula is C16H20N4O4. The lowest BCUT2D eigenvalue weighted by atomic mass is 10.2. The summed E-state index contributed by atoms with van der Waals surface area (Å²) in [5, 5.41) is 8.83. The maximum atomic E-state index is 11.6. The van der Waals surface area contributed by atoms with E-state index in [4.69, 9.17) is 9.26 Å². The van der Waals surface area contributed by atoms with Crippen molar-refractivity contribution in [3.8, 4) is 0 Å². The molecule has 1 aromatic heterocycles. The molecule has 0 aliphatic heterocycles. The van der Waals surface area contributed by atoms with E-state index in [1.807, 2.05) is 44.2 Å². The van der Waals surface area contributed by atoms with Crippen LogP contribution in [0.4, 0.5) is 4.79 Å². The lowest BCUT2D eigenvalue weighted by Crippen LogP contribution is -2.38. The topological polar surface area (TPSA) is 106 Å². The van der Waals surface area contributed by atoms with Crippen LogP contribution in [-0.2, 0) is 22.7 Å². The van der Waals surface area contributed by atoms with Gasteiger partial charge in [0.15, 0.2) is 12.4 Å². The maximum absolute atomic E-state index is 11.6. The Hall–Kier alpha value is -2.90. The first-order valence-corrected chi connectivity index (χ1v) is 7.58. The Labute approximate surface area is 139 Å². The number of nitrogens with zero attached hydrogens (tertiary/aromatic N) is 2. The fourth-order valence-corrected chi connectivity index (χ4v) is 1.75. The second kappa shape index (κ2) is 8.66. The second-order valence-electron chi connectivity index (χ2n) is 5.38. The zero-order valence-corrected chi connectivity index (χ0v) is 13.6. The van der Waals surface area contributed by atoms with Gasteiger partial charge < -0.3 is 19.9 Å². The number of rotatable bonds is 7. The van der Waals surface area contributed by atoms with Gasteiger partial charge in [-0.2, -0.15) is 4.98 Å². The number of hydrogen-bond acceptors (Lipinski definition) is 6. The van der Waals surface area contributed by atoms with Gasteiger partial charge in [0.25, 0.3) is 5.89 Å². The van der Waals surface area contributed by atoms with Crippen LogP contribution in [0.3, 0.4) is 0 Å². The van der Waals surface area contributed by atoms with E-state index in [9.17, 15) is 9.59 Å². The van der Waals surface area contributed by atoms with Crippen molar-refractivity contribution in [1.82, 2.24) is 20.8 Å².